The van der Waals surface area contributed by atoms with Gasteiger partial charge in [-0.15, -0.1) is 5.17 Å². The number of hydrazine groups is 1. The van der Waals surface area contributed by atoms with Gasteiger partial charge in [0.25, 0.3) is 5.95 Å². The van der Waals surface area contributed by atoms with Crippen molar-refractivity contribution in [2.45, 2.75) is 73.1 Å². The van der Waals surface area contributed by atoms with Gasteiger partial charge < -0.3 is 4.57 Å². The molecule has 0 aliphatic rings. The Morgan fingerprint density at radius 3 is 2.62 bits per heavy atom. The lowest BCUT2D eigenvalue weighted by Gasteiger charge is -2.26. The summed E-state index contributed by atoms with van der Waals surface area (Å²) in [6.07, 6.45) is 7.43. The molecule has 0 fully saturated rings. The third kappa shape index (κ3) is 5.07. The molecule has 8 nitrogen and oxygen atoms in total. The summed E-state index contributed by atoms with van der Waals surface area (Å²) in [6.45, 7) is 13.0. The number of nitrogens with zero attached hydrogens (tertiary/aromatic N) is 6. The molecular formula is C21H31N7O. The molecule has 0 bridgehead atoms. The smallest absolute Gasteiger partial charge is 0.267 e. The van der Waals surface area contributed by atoms with Crippen molar-refractivity contribution in [1.82, 2.24) is 29.9 Å². The van der Waals surface area contributed by atoms with Gasteiger partial charge in [-0.1, -0.05) is 13.3 Å². The van der Waals surface area contributed by atoms with Gasteiger partial charge >= 0.3 is 0 Å². The molecule has 1 atom stereocenters. The van der Waals surface area contributed by atoms with Crippen LogP contribution in [0.3, 0.4) is 0 Å². The van der Waals surface area contributed by atoms with E-state index in [0.717, 1.165) is 35.3 Å². The van der Waals surface area contributed by atoms with Crippen molar-refractivity contribution in [1.29, 1.82) is 0 Å². The van der Waals surface area contributed by atoms with Gasteiger partial charge in [0, 0.05) is 24.5 Å². The van der Waals surface area contributed by atoms with Crippen molar-refractivity contribution in [3.63, 3.8) is 0 Å². The van der Waals surface area contributed by atoms with Crippen molar-refractivity contribution >= 4 is 17.1 Å². The van der Waals surface area contributed by atoms with E-state index in [0.29, 0.717) is 12.5 Å². The molecule has 1 unspecified atom stereocenters. The average Bonchev–Trinajstić information content (AvgIpc) is 3.10. The minimum absolute atomic E-state index is 0.0269. The van der Waals surface area contributed by atoms with E-state index in [1.54, 1.807) is 17.7 Å². The van der Waals surface area contributed by atoms with E-state index < -0.39 is 0 Å². The second kappa shape index (κ2) is 9.28. The highest BCUT2D eigenvalue weighted by atomic mass is 16.7. The summed E-state index contributed by atoms with van der Waals surface area (Å²) in [4.78, 5) is 24.1. The highest BCUT2D eigenvalue weighted by Gasteiger charge is 2.17. The Morgan fingerprint density at radius 1 is 1.14 bits per heavy atom. The lowest BCUT2D eigenvalue weighted by atomic mass is 10.1. The van der Waals surface area contributed by atoms with Crippen LogP contribution < -0.4 is 10.6 Å². The SMILES string of the molecule is CCCC(C)ON(NCc1cnc(C)cc1C)c1ncc2ncn(C(C)C)c2n1. The molecule has 0 aromatic carbocycles. The van der Waals surface area contributed by atoms with Gasteiger partial charge in [-0.2, -0.15) is 4.98 Å². The molecule has 0 spiro atoms. The Bertz CT molecular complexity index is 953. The molecule has 0 saturated carbocycles. The van der Waals surface area contributed by atoms with E-state index >= 15 is 0 Å². The van der Waals surface area contributed by atoms with Gasteiger partial charge in [0.15, 0.2) is 5.65 Å². The predicted octanol–water partition coefficient (Wildman–Crippen LogP) is 4.05. The second-order valence-electron chi connectivity index (χ2n) is 7.71. The van der Waals surface area contributed by atoms with Gasteiger partial charge in [0.05, 0.1) is 18.6 Å². The maximum Gasteiger partial charge on any atom is 0.267 e. The first-order valence-electron chi connectivity index (χ1n) is 10.2. The summed E-state index contributed by atoms with van der Waals surface area (Å²) >= 11 is 0. The van der Waals surface area contributed by atoms with Gasteiger partial charge in [-0.05, 0) is 58.2 Å². The summed E-state index contributed by atoms with van der Waals surface area (Å²) in [5.41, 5.74) is 8.16. The van der Waals surface area contributed by atoms with E-state index in [1.807, 2.05) is 24.6 Å². The molecule has 1 N–H and O–H groups in total. The fraction of sp³-hybridized carbons (Fsp3) is 0.524. The van der Waals surface area contributed by atoms with Crippen LogP contribution in [0.15, 0.2) is 24.8 Å². The molecular weight excluding hydrogens is 366 g/mol. The molecule has 156 valence electrons. The molecule has 0 amide bonds. The van der Waals surface area contributed by atoms with E-state index in [-0.39, 0.29) is 12.1 Å². The number of hydrogen-bond donors (Lipinski definition) is 1. The minimum atomic E-state index is 0.0269. The number of imidazole rings is 1. The van der Waals surface area contributed by atoms with Crippen molar-refractivity contribution in [2.75, 3.05) is 5.17 Å². The summed E-state index contributed by atoms with van der Waals surface area (Å²) in [6, 6.07) is 2.33. The zero-order valence-electron chi connectivity index (χ0n) is 18.2. The Morgan fingerprint density at radius 2 is 1.93 bits per heavy atom. The number of fused-ring (bicyclic) bond motifs is 1. The monoisotopic (exact) mass is 397 g/mol. The van der Waals surface area contributed by atoms with Crippen LogP contribution in [-0.4, -0.2) is 30.6 Å². The van der Waals surface area contributed by atoms with Crippen molar-refractivity contribution in [3.05, 3.63) is 41.6 Å². The fourth-order valence-corrected chi connectivity index (χ4v) is 3.15. The summed E-state index contributed by atoms with van der Waals surface area (Å²) < 4.78 is 2.03. The number of anilines is 1. The zero-order chi connectivity index (χ0) is 21.0. The second-order valence-corrected chi connectivity index (χ2v) is 7.71. The normalized spacial score (nSPS) is 12.7. The lowest BCUT2D eigenvalue weighted by molar-refractivity contribution is 0.0148. The first kappa shape index (κ1) is 21.1. The van der Waals surface area contributed by atoms with Crippen LogP contribution in [0.2, 0.25) is 0 Å². The third-order valence-corrected chi connectivity index (χ3v) is 4.79. The quantitative estimate of drug-likeness (QED) is 0.546. The number of pyridine rings is 1. The van der Waals surface area contributed by atoms with Crippen LogP contribution in [0.4, 0.5) is 5.95 Å². The Labute approximate surface area is 172 Å². The van der Waals surface area contributed by atoms with Gasteiger partial charge in [0.2, 0.25) is 0 Å². The molecule has 0 aliphatic carbocycles. The molecule has 3 aromatic rings. The van der Waals surface area contributed by atoms with Crippen LogP contribution in [0.1, 0.15) is 63.4 Å². The number of aromatic nitrogens is 5. The minimum Gasteiger partial charge on any atom is -0.313 e. The van der Waals surface area contributed by atoms with Crippen LogP contribution in [-0.2, 0) is 11.4 Å². The Hall–Kier alpha value is -2.58. The molecule has 0 aliphatic heterocycles. The lowest BCUT2D eigenvalue weighted by Crippen LogP contribution is -2.41. The largest absolute Gasteiger partial charge is 0.313 e. The number of hydrogen-bond acceptors (Lipinski definition) is 7. The van der Waals surface area contributed by atoms with Crippen LogP contribution >= 0.6 is 0 Å². The molecule has 3 heterocycles. The van der Waals surface area contributed by atoms with Crippen molar-refractivity contribution in [3.8, 4) is 0 Å². The van der Waals surface area contributed by atoms with Crippen molar-refractivity contribution < 1.29 is 4.84 Å². The van der Waals surface area contributed by atoms with E-state index in [4.69, 9.17) is 9.82 Å². The van der Waals surface area contributed by atoms with Crippen LogP contribution in [0, 0.1) is 13.8 Å². The number of aryl methyl sites for hydroxylation is 2. The fourth-order valence-electron chi connectivity index (χ4n) is 3.15. The van der Waals surface area contributed by atoms with E-state index in [9.17, 15) is 0 Å². The van der Waals surface area contributed by atoms with Gasteiger partial charge in [-0.25, -0.2) is 15.4 Å². The summed E-state index contributed by atoms with van der Waals surface area (Å²) in [5.74, 6) is 0.459. The summed E-state index contributed by atoms with van der Waals surface area (Å²) in [5, 5.41) is 1.58. The molecule has 3 aromatic heterocycles. The zero-order valence-corrected chi connectivity index (χ0v) is 18.2. The highest BCUT2D eigenvalue weighted by molar-refractivity contribution is 5.71. The van der Waals surface area contributed by atoms with E-state index in [1.165, 1.54) is 5.56 Å². The summed E-state index contributed by atoms with van der Waals surface area (Å²) in [7, 11) is 0. The molecule has 0 radical (unpaired) electrons. The van der Waals surface area contributed by atoms with Gasteiger partial charge in [0.1, 0.15) is 5.52 Å². The molecule has 29 heavy (non-hydrogen) atoms. The average molecular weight is 398 g/mol. The van der Waals surface area contributed by atoms with E-state index in [2.05, 4.69) is 54.1 Å². The Kier molecular flexibility index (Phi) is 6.76. The first-order chi connectivity index (χ1) is 13.9. The first-order valence-corrected chi connectivity index (χ1v) is 10.2. The van der Waals surface area contributed by atoms with Gasteiger partial charge in [-0.3, -0.25) is 9.82 Å². The molecule has 3 rings (SSSR count). The van der Waals surface area contributed by atoms with Crippen molar-refractivity contribution in [2.24, 2.45) is 0 Å². The maximum absolute atomic E-state index is 6.14. The Balaban J connectivity index is 1.88. The standard InChI is InChI=1S/C21H31N7O/c1-7-8-17(6)29-28(25-11-18-10-22-16(5)9-15(18)4)21-23-12-19-20(26-21)27(13-24-19)14(2)3/h9-10,12-14,17,25H,7-8,11H2,1-6H3. The third-order valence-electron chi connectivity index (χ3n) is 4.79. The topological polar surface area (TPSA) is 81.0 Å². The maximum atomic E-state index is 6.14. The van der Waals surface area contributed by atoms with Crippen LogP contribution in [0.25, 0.3) is 11.2 Å². The van der Waals surface area contributed by atoms with Crippen LogP contribution in [0.5, 0.6) is 0 Å². The number of rotatable bonds is 9. The predicted molar refractivity (Wildman–Crippen MR) is 114 cm³/mol. The molecule has 8 heteroatoms. The number of nitrogens with one attached hydrogen (secondary N) is 1. The highest BCUT2D eigenvalue weighted by Crippen LogP contribution is 2.19. The molecule has 0 saturated heterocycles.